The maximum atomic E-state index is 10.6. The number of nitrogens with zero attached hydrogens (tertiary/aromatic N) is 1. The van der Waals surface area contributed by atoms with Crippen molar-refractivity contribution in [3.8, 4) is 11.5 Å². The Kier molecular flexibility index (Phi) is 7.65. The molecule has 0 saturated carbocycles. The summed E-state index contributed by atoms with van der Waals surface area (Å²) in [7, 11) is 3.33. The zero-order valence-electron chi connectivity index (χ0n) is 18.8. The fourth-order valence-electron chi connectivity index (χ4n) is 4.50. The fraction of sp³-hybridized carbons (Fsp3) is 0.440. The van der Waals surface area contributed by atoms with E-state index in [1.54, 1.807) is 14.2 Å². The molecule has 0 unspecified atom stereocenters. The Morgan fingerprint density at radius 3 is 2.62 bits per heavy atom. The highest BCUT2D eigenvalue weighted by atomic mass is 16.5. The largest absolute Gasteiger partial charge is 0.493 e. The second-order valence-corrected chi connectivity index (χ2v) is 8.15. The molecule has 1 aromatic heterocycles. The Morgan fingerprint density at radius 1 is 1.03 bits per heavy atom. The molecule has 2 aromatic carbocycles. The van der Waals surface area contributed by atoms with Crippen LogP contribution in [0.15, 0.2) is 48.7 Å². The Bertz CT molecular complexity index is 1000. The van der Waals surface area contributed by atoms with E-state index in [1.807, 2.05) is 18.2 Å². The maximum absolute atomic E-state index is 10.6. The minimum atomic E-state index is -0.441. The molecule has 7 nitrogen and oxygen atoms in total. The normalized spacial score (nSPS) is 16.7. The third kappa shape index (κ3) is 5.07. The molecular formula is C25H33N3O4. The number of hydrogen-bond donors (Lipinski definition) is 3. The third-order valence-electron chi connectivity index (χ3n) is 6.11. The van der Waals surface area contributed by atoms with Crippen molar-refractivity contribution in [1.29, 1.82) is 0 Å². The van der Waals surface area contributed by atoms with Gasteiger partial charge in [-0.1, -0.05) is 30.3 Å². The summed E-state index contributed by atoms with van der Waals surface area (Å²) in [5, 5.41) is 15.2. The summed E-state index contributed by atoms with van der Waals surface area (Å²) in [5.74, 6) is 1.47. The first kappa shape index (κ1) is 22.6. The predicted octanol–water partition coefficient (Wildman–Crippen LogP) is 2.60. The van der Waals surface area contributed by atoms with E-state index >= 15 is 0 Å². The van der Waals surface area contributed by atoms with Crippen molar-refractivity contribution >= 4 is 10.9 Å². The lowest BCUT2D eigenvalue weighted by Crippen LogP contribution is -2.44. The van der Waals surface area contributed by atoms with E-state index in [-0.39, 0.29) is 5.92 Å². The van der Waals surface area contributed by atoms with Crippen molar-refractivity contribution in [2.45, 2.75) is 12.0 Å². The Hall–Kier alpha value is -2.58. The zero-order chi connectivity index (χ0) is 22.3. The molecular weight excluding hydrogens is 406 g/mol. The van der Waals surface area contributed by atoms with Crippen LogP contribution in [0.3, 0.4) is 0 Å². The van der Waals surface area contributed by atoms with E-state index in [0.29, 0.717) is 25.4 Å². The van der Waals surface area contributed by atoms with Crippen molar-refractivity contribution in [1.82, 2.24) is 15.2 Å². The van der Waals surface area contributed by atoms with Crippen molar-refractivity contribution in [2.24, 2.45) is 0 Å². The average Bonchev–Trinajstić information content (AvgIpc) is 3.26. The van der Waals surface area contributed by atoms with Crippen molar-refractivity contribution in [3.05, 3.63) is 59.8 Å². The number of aliphatic hydroxyl groups excluding tert-OH is 1. The summed E-state index contributed by atoms with van der Waals surface area (Å²) in [6, 6.07) is 14.3. The van der Waals surface area contributed by atoms with Gasteiger partial charge in [0, 0.05) is 61.3 Å². The summed E-state index contributed by atoms with van der Waals surface area (Å²) in [6.45, 7) is 5.04. The molecule has 4 rings (SSSR count). The van der Waals surface area contributed by atoms with Gasteiger partial charge in [0.2, 0.25) is 0 Å². The third-order valence-corrected chi connectivity index (χ3v) is 6.11. The molecule has 1 fully saturated rings. The van der Waals surface area contributed by atoms with Gasteiger partial charge in [0.1, 0.15) is 0 Å². The topological polar surface area (TPSA) is 79.0 Å². The van der Waals surface area contributed by atoms with Crippen molar-refractivity contribution in [2.75, 3.05) is 60.2 Å². The van der Waals surface area contributed by atoms with Gasteiger partial charge in [-0.2, -0.15) is 0 Å². The van der Waals surface area contributed by atoms with Crippen LogP contribution in [0.1, 0.15) is 17.0 Å². The summed E-state index contributed by atoms with van der Waals surface area (Å²) in [5.41, 5.74) is 3.33. The SMILES string of the molecule is COc1cccc([C@@H](CNC[C@H](O)CN2CCOCC2)c2c[nH]c3ccccc23)c1OC. The molecule has 2 heterocycles. The van der Waals surface area contributed by atoms with Crippen LogP contribution in [0.25, 0.3) is 10.9 Å². The minimum absolute atomic E-state index is 0.0202. The Morgan fingerprint density at radius 2 is 1.84 bits per heavy atom. The van der Waals surface area contributed by atoms with Crippen LogP contribution >= 0.6 is 0 Å². The number of para-hydroxylation sites is 2. The van der Waals surface area contributed by atoms with Gasteiger partial charge in [0.05, 0.1) is 33.5 Å². The first-order valence-electron chi connectivity index (χ1n) is 11.2. The lowest BCUT2D eigenvalue weighted by Gasteiger charge is -2.29. The van der Waals surface area contributed by atoms with Gasteiger partial charge in [0.25, 0.3) is 0 Å². The van der Waals surface area contributed by atoms with Crippen LogP contribution in [0.4, 0.5) is 0 Å². The van der Waals surface area contributed by atoms with Gasteiger partial charge in [-0.3, -0.25) is 4.90 Å². The number of aliphatic hydroxyl groups is 1. The lowest BCUT2D eigenvalue weighted by molar-refractivity contribution is 0.0149. The quantitative estimate of drug-likeness (QED) is 0.451. The van der Waals surface area contributed by atoms with Gasteiger partial charge in [-0.05, 0) is 17.7 Å². The number of β-amino-alcohol motifs (C(OH)–C–C–N with tert-alkyl or cyclic N) is 1. The molecule has 1 saturated heterocycles. The minimum Gasteiger partial charge on any atom is -0.493 e. The number of fused-ring (bicyclic) bond motifs is 1. The van der Waals surface area contributed by atoms with Crippen LogP contribution < -0.4 is 14.8 Å². The Balaban J connectivity index is 1.55. The predicted molar refractivity (Wildman–Crippen MR) is 126 cm³/mol. The highest BCUT2D eigenvalue weighted by molar-refractivity contribution is 5.84. The monoisotopic (exact) mass is 439 g/mol. The zero-order valence-corrected chi connectivity index (χ0v) is 18.8. The Labute approximate surface area is 189 Å². The number of nitrogens with one attached hydrogen (secondary N) is 2. The van der Waals surface area contributed by atoms with Gasteiger partial charge in [-0.25, -0.2) is 0 Å². The molecule has 172 valence electrons. The second-order valence-electron chi connectivity index (χ2n) is 8.15. The van der Waals surface area contributed by atoms with E-state index in [9.17, 15) is 5.11 Å². The van der Waals surface area contributed by atoms with E-state index < -0.39 is 6.10 Å². The molecule has 0 aliphatic carbocycles. The highest BCUT2D eigenvalue weighted by Crippen LogP contribution is 2.40. The number of aromatic nitrogens is 1. The standard InChI is InChI=1S/C25H33N3O4/c1-30-24-9-5-7-20(25(24)31-2)21(22-16-27-23-8-4-3-6-19(22)23)15-26-14-18(29)17-28-10-12-32-13-11-28/h3-9,16,18,21,26-27,29H,10-15,17H2,1-2H3/t18-,21+/m0/s1. The number of morpholine rings is 1. The number of rotatable bonds is 10. The van der Waals surface area contributed by atoms with Crippen LogP contribution in [0.2, 0.25) is 0 Å². The molecule has 0 radical (unpaired) electrons. The first-order chi connectivity index (χ1) is 15.7. The number of methoxy groups -OCH3 is 2. The molecule has 1 aliphatic heterocycles. The molecule has 32 heavy (non-hydrogen) atoms. The van der Waals surface area contributed by atoms with Gasteiger partial charge >= 0.3 is 0 Å². The number of H-pyrrole nitrogens is 1. The van der Waals surface area contributed by atoms with E-state index in [1.165, 1.54) is 10.9 Å². The molecule has 0 bridgehead atoms. The summed E-state index contributed by atoms with van der Waals surface area (Å²) in [4.78, 5) is 5.64. The number of hydrogen-bond acceptors (Lipinski definition) is 6. The van der Waals surface area contributed by atoms with Crippen LogP contribution in [-0.2, 0) is 4.74 Å². The first-order valence-corrected chi connectivity index (χ1v) is 11.2. The smallest absolute Gasteiger partial charge is 0.164 e. The molecule has 0 spiro atoms. The molecule has 3 N–H and O–H groups in total. The van der Waals surface area contributed by atoms with Gasteiger partial charge in [0.15, 0.2) is 11.5 Å². The van der Waals surface area contributed by atoms with E-state index in [2.05, 4.69) is 45.7 Å². The van der Waals surface area contributed by atoms with Gasteiger partial charge < -0.3 is 29.6 Å². The molecule has 3 aromatic rings. The lowest BCUT2D eigenvalue weighted by atomic mass is 9.89. The van der Waals surface area contributed by atoms with E-state index in [0.717, 1.165) is 43.1 Å². The summed E-state index contributed by atoms with van der Waals surface area (Å²) in [6.07, 6.45) is 1.63. The summed E-state index contributed by atoms with van der Waals surface area (Å²) < 4.78 is 16.7. The van der Waals surface area contributed by atoms with Crippen LogP contribution in [0.5, 0.6) is 11.5 Å². The average molecular weight is 440 g/mol. The summed E-state index contributed by atoms with van der Waals surface area (Å²) >= 11 is 0. The van der Waals surface area contributed by atoms with Crippen LogP contribution in [0, 0.1) is 0 Å². The molecule has 0 amide bonds. The number of ether oxygens (including phenoxy) is 3. The highest BCUT2D eigenvalue weighted by Gasteiger charge is 2.24. The van der Waals surface area contributed by atoms with Crippen LogP contribution in [-0.4, -0.2) is 81.3 Å². The fourth-order valence-corrected chi connectivity index (χ4v) is 4.50. The van der Waals surface area contributed by atoms with E-state index in [4.69, 9.17) is 14.2 Å². The molecule has 1 aliphatic rings. The second kappa shape index (κ2) is 10.8. The number of aromatic amines is 1. The van der Waals surface area contributed by atoms with Crippen molar-refractivity contribution in [3.63, 3.8) is 0 Å². The maximum Gasteiger partial charge on any atom is 0.164 e. The van der Waals surface area contributed by atoms with Crippen molar-refractivity contribution < 1.29 is 19.3 Å². The number of benzene rings is 2. The molecule has 2 atom stereocenters. The van der Waals surface area contributed by atoms with Gasteiger partial charge in [-0.15, -0.1) is 0 Å². The molecule has 7 heteroatoms.